The van der Waals surface area contributed by atoms with Gasteiger partial charge in [-0.25, -0.2) is 0 Å². The van der Waals surface area contributed by atoms with Crippen LogP contribution in [0.2, 0.25) is 5.02 Å². The molecule has 0 amide bonds. The molecular weight excluding hydrogens is 178 g/mol. The number of hydrogen-bond donors (Lipinski definition) is 2. The van der Waals surface area contributed by atoms with Gasteiger partial charge in [0.25, 0.3) is 6.01 Å². The largest absolute Gasteiger partial charge is 0.424 e. The van der Waals surface area contributed by atoms with Crippen molar-refractivity contribution in [1.82, 2.24) is 4.98 Å². The molecule has 0 saturated heterocycles. The van der Waals surface area contributed by atoms with E-state index in [9.17, 15) is 0 Å². The molecule has 4 nitrogen and oxygen atoms in total. The van der Waals surface area contributed by atoms with Gasteiger partial charge in [0, 0.05) is 6.07 Å². The summed E-state index contributed by atoms with van der Waals surface area (Å²) in [5.74, 6) is 0. The summed E-state index contributed by atoms with van der Waals surface area (Å²) in [7, 11) is 0. The standard InChI is InChI=1S/C7H6ClN3O/c8-3-1-6-5(2-4(3)9)11-7(10)12-6/h1-2H,9H2,(H2,10,11). The smallest absolute Gasteiger partial charge is 0.292 e. The molecule has 4 N–H and O–H groups in total. The highest BCUT2D eigenvalue weighted by Crippen LogP contribution is 2.26. The van der Waals surface area contributed by atoms with Crippen LogP contribution in [0.1, 0.15) is 0 Å². The number of fused-ring (bicyclic) bond motifs is 1. The molecule has 2 aromatic rings. The summed E-state index contributed by atoms with van der Waals surface area (Å²) in [4.78, 5) is 3.89. The van der Waals surface area contributed by atoms with Crippen LogP contribution in [0, 0.1) is 0 Å². The van der Waals surface area contributed by atoms with E-state index in [1.54, 1.807) is 12.1 Å². The van der Waals surface area contributed by atoms with Gasteiger partial charge < -0.3 is 15.9 Å². The minimum absolute atomic E-state index is 0.117. The number of hydrogen-bond acceptors (Lipinski definition) is 4. The average Bonchev–Trinajstić information content (AvgIpc) is 2.30. The molecule has 0 spiro atoms. The zero-order valence-corrected chi connectivity index (χ0v) is 6.80. The molecule has 0 aliphatic carbocycles. The van der Waals surface area contributed by atoms with E-state index in [1.165, 1.54) is 0 Å². The molecule has 1 aromatic heterocycles. The van der Waals surface area contributed by atoms with Gasteiger partial charge in [0.15, 0.2) is 5.58 Å². The first-order valence-electron chi connectivity index (χ1n) is 3.28. The first-order chi connectivity index (χ1) is 5.66. The summed E-state index contributed by atoms with van der Waals surface area (Å²) in [6, 6.07) is 3.33. The third-order valence-corrected chi connectivity index (χ3v) is 1.85. The first-order valence-corrected chi connectivity index (χ1v) is 3.65. The Morgan fingerprint density at radius 1 is 1.33 bits per heavy atom. The van der Waals surface area contributed by atoms with Crippen molar-refractivity contribution < 1.29 is 4.42 Å². The lowest BCUT2D eigenvalue weighted by molar-refractivity contribution is 0.626. The normalized spacial score (nSPS) is 10.8. The predicted molar refractivity (Wildman–Crippen MR) is 47.8 cm³/mol. The van der Waals surface area contributed by atoms with Crippen LogP contribution in [0.3, 0.4) is 0 Å². The van der Waals surface area contributed by atoms with E-state index in [4.69, 9.17) is 27.5 Å². The molecule has 0 radical (unpaired) electrons. The van der Waals surface area contributed by atoms with Crippen molar-refractivity contribution in [3.63, 3.8) is 0 Å². The molecule has 0 atom stereocenters. The van der Waals surface area contributed by atoms with E-state index in [0.29, 0.717) is 21.8 Å². The summed E-state index contributed by atoms with van der Waals surface area (Å²) in [5.41, 5.74) is 12.5. The van der Waals surface area contributed by atoms with Gasteiger partial charge in [0.1, 0.15) is 5.52 Å². The van der Waals surface area contributed by atoms with Gasteiger partial charge in [-0.05, 0) is 6.07 Å². The van der Waals surface area contributed by atoms with Crippen LogP contribution in [0.25, 0.3) is 11.1 Å². The van der Waals surface area contributed by atoms with Crippen molar-refractivity contribution in [2.45, 2.75) is 0 Å². The Bertz CT molecular complexity index is 398. The molecule has 5 heteroatoms. The highest BCUT2D eigenvalue weighted by Gasteiger charge is 2.05. The first kappa shape index (κ1) is 7.24. The minimum Gasteiger partial charge on any atom is -0.424 e. The van der Waals surface area contributed by atoms with Gasteiger partial charge >= 0.3 is 0 Å². The van der Waals surface area contributed by atoms with Crippen LogP contribution in [0.15, 0.2) is 16.5 Å². The molecular formula is C7H6ClN3O. The number of nitrogen functional groups attached to an aromatic ring is 2. The van der Waals surface area contributed by atoms with Crippen LogP contribution in [-0.4, -0.2) is 4.98 Å². The molecule has 2 rings (SSSR count). The fraction of sp³-hybridized carbons (Fsp3) is 0. The number of nitrogens with zero attached hydrogens (tertiary/aromatic N) is 1. The van der Waals surface area contributed by atoms with E-state index in [-0.39, 0.29) is 6.01 Å². The maximum atomic E-state index is 5.74. The Kier molecular flexibility index (Phi) is 1.38. The van der Waals surface area contributed by atoms with Crippen molar-refractivity contribution in [3.8, 4) is 0 Å². The zero-order chi connectivity index (χ0) is 8.72. The van der Waals surface area contributed by atoms with Crippen LogP contribution >= 0.6 is 11.6 Å². The van der Waals surface area contributed by atoms with Gasteiger partial charge in [0.2, 0.25) is 0 Å². The number of anilines is 2. The highest BCUT2D eigenvalue weighted by molar-refractivity contribution is 6.33. The van der Waals surface area contributed by atoms with E-state index < -0.39 is 0 Å². The van der Waals surface area contributed by atoms with Crippen LogP contribution in [0.4, 0.5) is 11.7 Å². The Morgan fingerprint density at radius 3 is 2.83 bits per heavy atom. The fourth-order valence-electron chi connectivity index (χ4n) is 0.983. The van der Waals surface area contributed by atoms with Gasteiger partial charge in [0.05, 0.1) is 10.7 Å². The molecule has 1 aromatic carbocycles. The molecule has 0 fully saturated rings. The van der Waals surface area contributed by atoms with Gasteiger partial charge in [-0.2, -0.15) is 4.98 Å². The highest BCUT2D eigenvalue weighted by atomic mass is 35.5. The minimum atomic E-state index is 0.117. The predicted octanol–water partition coefficient (Wildman–Crippen LogP) is 1.65. The van der Waals surface area contributed by atoms with Gasteiger partial charge in [-0.3, -0.25) is 0 Å². The summed E-state index contributed by atoms with van der Waals surface area (Å²) in [5, 5.41) is 0.443. The van der Waals surface area contributed by atoms with Crippen molar-refractivity contribution in [1.29, 1.82) is 0 Å². The quantitative estimate of drug-likeness (QED) is 0.609. The maximum Gasteiger partial charge on any atom is 0.292 e. The van der Waals surface area contributed by atoms with Crippen molar-refractivity contribution in [2.75, 3.05) is 11.5 Å². The summed E-state index contributed by atoms with van der Waals surface area (Å²) in [6.45, 7) is 0. The second-order valence-corrected chi connectivity index (χ2v) is 2.80. The van der Waals surface area contributed by atoms with E-state index in [1.807, 2.05) is 0 Å². The number of halogens is 1. The molecule has 12 heavy (non-hydrogen) atoms. The zero-order valence-electron chi connectivity index (χ0n) is 6.04. The Balaban J connectivity index is 2.83. The third-order valence-electron chi connectivity index (χ3n) is 1.52. The Morgan fingerprint density at radius 2 is 2.08 bits per heavy atom. The van der Waals surface area contributed by atoms with E-state index in [2.05, 4.69) is 4.98 Å². The lowest BCUT2D eigenvalue weighted by Gasteiger charge is -1.94. The average molecular weight is 184 g/mol. The summed E-state index contributed by atoms with van der Waals surface area (Å²) < 4.78 is 5.03. The summed E-state index contributed by atoms with van der Waals surface area (Å²) >= 11 is 5.74. The molecule has 0 saturated carbocycles. The van der Waals surface area contributed by atoms with E-state index >= 15 is 0 Å². The van der Waals surface area contributed by atoms with E-state index in [0.717, 1.165) is 0 Å². The lowest BCUT2D eigenvalue weighted by atomic mass is 10.3. The lowest BCUT2D eigenvalue weighted by Crippen LogP contribution is -1.85. The second-order valence-electron chi connectivity index (χ2n) is 2.39. The maximum absolute atomic E-state index is 5.74. The number of nitrogens with two attached hydrogens (primary N) is 2. The van der Waals surface area contributed by atoms with Crippen molar-refractivity contribution >= 4 is 34.4 Å². The van der Waals surface area contributed by atoms with Crippen LogP contribution in [-0.2, 0) is 0 Å². The number of rotatable bonds is 0. The van der Waals surface area contributed by atoms with Crippen molar-refractivity contribution in [3.05, 3.63) is 17.2 Å². The van der Waals surface area contributed by atoms with Gasteiger partial charge in [-0.15, -0.1) is 0 Å². The molecule has 0 bridgehead atoms. The third kappa shape index (κ3) is 0.967. The van der Waals surface area contributed by atoms with Crippen molar-refractivity contribution in [2.24, 2.45) is 0 Å². The van der Waals surface area contributed by atoms with Crippen LogP contribution in [0.5, 0.6) is 0 Å². The molecule has 1 heterocycles. The summed E-state index contributed by atoms with van der Waals surface area (Å²) in [6.07, 6.45) is 0. The Hall–Kier alpha value is -1.42. The topological polar surface area (TPSA) is 78.1 Å². The molecule has 0 aliphatic rings. The molecule has 0 unspecified atom stereocenters. The Labute approximate surface area is 73.1 Å². The number of aromatic nitrogens is 1. The van der Waals surface area contributed by atoms with Crippen LogP contribution < -0.4 is 11.5 Å². The monoisotopic (exact) mass is 183 g/mol. The SMILES string of the molecule is Nc1nc2cc(N)c(Cl)cc2o1. The molecule has 62 valence electrons. The second kappa shape index (κ2) is 2.28. The number of benzene rings is 1. The fourth-order valence-corrected chi connectivity index (χ4v) is 1.14. The number of oxazole rings is 1. The molecule has 0 aliphatic heterocycles. The van der Waals surface area contributed by atoms with Gasteiger partial charge in [-0.1, -0.05) is 11.6 Å².